The number of nitrogens with zero attached hydrogens (tertiary/aromatic N) is 1. The number of hydrogen-bond acceptors (Lipinski definition) is 3. The lowest BCUT2D eigenvalue weighted by molar-refractivity contribution is -0.00367. The Hall–Kier alpha value is -0.910. The van der Waals surface area contributed by atoms with Crippen molar-refractivity contribution in [3.63, 3.8) is 0 Å². The highest BCUT2D eigenvalue weighted by Gasteiger charge is 2.54. The van der Waals surface area contributed by atoms with E-state index in [2.05, 4.69) is 0 Å². The van der Waals surface area contributed by atoms with Gasteiger partial charge in [0.15, 0.2) is 0 Å². The van der Waals surface area contributed by atoms with E-state index in [9.17, 15) is 13.6 Å². The Balaban J connectivity index is 2.85. The number of amides is 1. The van der Waals surface area contributed by atoms with Crippen molar-refractivity contribution >= 4 is 6.09 Å². The average Bonchev–Trinajstić information content (AvgIpc) is 2.34. The van der Waals surface area contributed by atoms with Crippen LogP contribution in [0.25, 0.3) is 0 Å². The lowest BCUT2D eigenvalue weighted by atomic mass is 9.98. The Kier molecular flexibility index (Phi) is 3.40. The van der Waals surface area contributed by atoms with Crippen LogP contribution in [0.2, 0.25) is 0 Å². The highest BCUT2D eigenvalue weighted by Crippen LogP contribution is 2.39. The van der Waals surface area contributed by atoms with E-state index in [0.717, 1.165) is 4.90 Å². The molecule has 4 nitrogen and oxygen atoms in total. The summed E-state index contributed by atoms with van der Waals surface area (Å²) in [5.41, 5.74) is 3.76. The van der Waals surface area contributed by atoms with Gasteiger partial charge in [-0.15, -0.1) is 0 Å². The second-order valence-electron chi connectivity index (χ2n) is 5.80. The summed E-state index contributed by atoms with van der Waals surface area (Å²) in [6.45, 7) is 5.99. The predicted molar refractivity (Wildman–Crippen MR) is 60.0 cm³/mol. The third-order valence-corrected chi connectivity index (χ3v) is 2.73. The Morgan fingerprint density at radius 3 is 2.41 bits per heavy atom. The molecule has 1 fully saturated rings. The van der Waals surface area contributed by atoms with Gasteiger partial charge in [0.2, 0.25) is 0 Å². The maximum atomic E-state index is 13.4. The molecule has 0 radical (unpaired) electrons. The van der Waals surface area contributed by atoms with Gasteiger partial charge < -0.3 is 10.5 Å². The molecule has 0 aliphatic carbocycles. The normalized spacial score (nSPS) is 28.3. The Labute approximate surface area is 100 Å². The van der Waals surface area contributed by atoms with Crippen molar-refractivity contribution < 1.29 is 18.3 Å². The van der Waals surface area contributed by atoms with Crippen LogP contribution in [0.4, 0.5) is 13.6 Å². The summed E-state index contributed by atoms with van der Waals surface area (Å²) in [6, 6.07) is 0. The quantitative estimate of drug-likeness (QED) is 0.774. The molecule has 1 unspecified atom stereocenters. The van der Waals surface area contributed by atoms with Gasteiger partial charge in [-0.25, -0.2) is 13.6 Å². The number of ether oxygens (including phenoxy) is 1. The van der Waals surface area contributed by atoms with E-state index in [-0.39, 0.29) is 6.54 Å². The number of alkyl halides is 2. The molecule has 1 atom stereocenters. The van der Waals surface area contributed by atoms with Crippen molar-refractivity contribution in [3.8, 4) is 0 Å². The number of carbonyl (C=O) groups excluding carboxylic acids is 1. The van der Waals surface area contributed by atoms with Crippen LogP contribution in [0, 0.1) is 0 Å². The Morgan fingerprint density at radius 1 is 1.47 bits per heavy atom. The van der Waals surface area contributed by atoms with E-state index < -0.39 is 36.1 Å². The SMILES string of the molecule is CC(C)(C)OC(=O)N1CC(F)(F)CC1(C)CN. The Morgan fingerprint density at radius 2 is 2.00 bits per heavy atom. The summed E-state index contributed by atoms with van der Waals surface area (Å²) < 4.78 is 31.8. The molecular weight excluding hydrogens is 230 g/mol. The van der Waals surface area contributed by atoms with E-state index in [1.54, 1.807) is 27.7 Å². The Bertz CT molecular complexity index is 315. The number of likely N-dealkylation sites (tertiary alicyclic amines) is 1. The number of hydrogen-bond donors (Lipinski definition) is 1. The molecular formula is C11H20F2N2O2. The van der Waals surface area contributed by atoms with E-state index in [4.69, 9.17) is 10.5 Å². The van der Waals surface area contributed by atoms with Crippen LogP contribution in [0.5, 0.6) is 0 Å². The van der Waals surface area contributed by atoms with E-state index >= 15 is 0 Å². The van der Waals surface area contributed by atoms with Crippen molar-refractivity contribution in [3.05, 3.63) is 0 Å². The zero-order chi connectivity index (χ0) is 13.5. The monoisotopic (exact) mass is 250 g/mol. The molecule has 1 aliphatic heterocycles. The zero-order valence-electron chi connectivity index (χ0n) is 10.7. The van der Waals surface area contributed by atoms with Gasteiger partial charge in [-0.3, -0.25) is 4.90 Å². The van der Waals surface area contributed by atoms with E-state index in [1.165, 1.54) is 0 Å². The topological polar surface area (TPSA) is 55.6 Å². The maximum absolute atomic E-state index is 13.4. The summed E-state index contributed by atoms with van der Waals surface area (Å²) in [7, 11) is 0. The van der Waals surface area contributed by atoms with Gasteiger partial charge in [-0.1, -0.05) is 0 Å². The van der Waals surface area contributed by atoms with Crippen molar-refractivity contribution in [1.82, 2.24) is 4.90 Å². The molecule has 1 aliphatic rings. The van der Waals surface area contributed by atoms with E-state index in [0.29, 0.717) is 0 Å². The molecule has 1 heterocycles. The number of carbonyl (C=O) groups is 1. The molecule has 0 aromatic heterocycles. The van der Waals surface area contributed by atoms with Crippen LogP contribution >= 0.6 is 0 Å². The fourth-order valence-corrected chi connectivity index (χ4v) is 1.92. The van der Waals surface area contributed by atoms with Crippen LogP contribution in [-0.2, 0) is 4.74 Å². The van der Waals surface area contributed by atoms with Crippen molar-refractivity contribution in [2.75, 3.05) is 13.1 Å². The van der Waals surface area contributed by atoms with Crippen molar-refractivity contribution in [2.24, 2.45) is 5.73 Å². The second-order valence-corrected chi connectivity index (χ2v) is 5.80. The molecule has 0 spiro atoms. The first kappa shape index (κ1) is 14.2. The smallest absolute Gasteiger partial charge is 0.410 e. The van der Waals surface area contributed by atoms with Gasteiger partial charge in [0.1, 0.15) is 5.60 Å². The predicted octanol–water partition coefficient (Wildman–Crippen LogP) is 1.98. The summed E-state index contributed by atoms with van der Waals surface area (Å²) in [6.07, 6.45) is -1.15. The summed E-state index contributed by atoms with van der Waals surface area (Å²) in [5, 5.41) is 0. The van der Waals surface area contributed by atoms with Crippen LogP contribution < -0.4 is 5.73 Å². The highest BCUT2D eigenvalue weighted by molar-refractivity contribution is 5.70. The summed E-state index contributed by atoms with van der Waals surface area (Å²) in [4.78, 5) is 12.9. The molecule has 6 heteroatoms. The minimum Gasteiger partial charge on any atom is -0.444 e. The average molecular weight is 250 g/mol. The first-order valence-corrected chi connectivity index (χ1v) is 5.58. The largest absolute Gasteiger partial charge is 0.444 e. The highest BCUT2D eigenvalue weighted by atomic mass is 19.3. The third kappa shape index (κ3) is 3.28. The second kappa shape index (κ2) is 4.08. The molecule has 0 saturated carbocycles. The third-order valence-electron chi connectivity index (χ3n) is 2.73. The van der Waals surface area contributed by atoms with Gasteiger partial charge in [0.25, 0.3) is 5.92 Å². The first-order chi connectivity index (χ1) is 7.49. The van der Waals surface area contributed by atoms with Gasteiger partial charge in [0, 0.05) is 13.0 Å². The van der Waals surface area contributed by atoms with Gasteiger partial charge >= 0.3 is 6.09 Å². The molecule has 2 N–H and O–H groups in total. The van der Waals surface area contributed by atoms with Gasteiger partial charge in [0.05, 0.1) is 12.1 Å². The molecule has 0 aromatic rings. The maximum Gasteiger partial charge on any atom is 0.410 e. The van der Waals surface area contributed by atoms with Crippen LogP contribution in [0.3, 0.4) is 0 Å². The fourth-order valence-electron chi connectivity index (χ4n) is 1.92. The molecule has 17 heavy (non-hydrogen) atoms. The number of halogens is 2. The van der Waals surface area contributed by atoms with Gasteiger partial charge in [-0.05, 0) is 27.7 Å². The minimum atomic E-state index is -2.90. The summed E-state index contributed by atoms with van der Waals surface area (Å²) >= 11 is 0. The molecule has 1 amide bonds. The number of nitrogens with two attached hydrogens (primary N) is 1. The molecule has 100 valence electrons. The van der Waals surface area contributed by atoms with Gasteiger partial charge in [-0.2, -0.15) is 0 Å². The van der Waals surface area contributed by atoms with Crippen molar-refractivity contribution in [2.45, 2.75) is 51.2 Å². The van der Waals surface area contributed by atoms with Crippen LogP contribution in [0.15, 0.2) is 0 Å². The molecule has 0 bridgehead atoms. The van der Waals surface area contributed by atoms with Crippen molar-refractivity contribution in [1.29, 1.82) is 0 Å². The van der Waals surface area contributed by atoms with Crippen LogP contribution in [-0.4, -0.2) is 41.1 Å². The molecule has 1 rings (SSSR count). The molecule has 0 aromatic carbocycles. The zero-order valence-corrected chi connectivity index (χ0v) is 10.7. The van der Waals surface area contributed by atoms with E-state index in [1.807, 2.05) is 0 Å². The minimum absolute atomic E-state index is 0.0121. The summed E-state index contributed by atoms with van der Waals surface area (Å²) in [5.74, 6) is -2.90. The lowest BCUT2D eigenvalue weighted by Gasteiger charge is -2.34. The lowest BCUT2D eigenvalue weighted by Crippen LogP contribution is -2.51. The first-order valence-electron chi connectivity index (χ1n) is 5.58. The number of rotatable bonds is 1. The fraction of sp³-hybridized carbons (Fsp3) is 0.909. The molecule has 1 saturated heterocycles. The van der Waals surface area contributed by atoms with Crippen LogP contribution in [0.1, 0.15) is 34.1 Å². The standard InChI is InChI=1S/C11H20F2N2O2/c1-9(2,3)17-8(16)15-7-11(12,13)5-10(15,4)6-14/h5-7,14H2,1-4H3.